The molecule has 0 fully saturated rings. The summed E-state index contributed by atoms with van der Waals surface area (Å²) in [7, 11) is 5.79. The Morgan fingerprint density at radius 3 is 2.65 bits per heavy atom. The first-order valence-corrected chi connectivity index (χ1v) is 6.14. The Balaban J connectivity index is 2.89. The van der Waals surface area contributed by atoms with Crippen molar-refractivity contribution in [2.24, 2.45) is 5.73 Å². The zero-order valence-electron chi connectivity index (χ0n) is 10.7. The predicted molar refractivity (Wildman–Crippen MR) is 73.0 cm³/mol. The molecule has 0 spiro atoms. The molecule has 0 aromatic heterocycles. The molecule has 0 bridgehead atoms. The van der Waals surface area contributed by atoms with Crippen LogP contribution >= 0.6 is 11.6 Å². The van der Waals surface area contributed by atoms with Gasteiger partial charge < -0.3 is 15.4 Å². The van der Waals surface area contributed by atoms with E-state index in [-0.39, 0.29) is 5.92 Å². The molecule has 0 heterocycles. The van der Waals surface area contributed by atoms with Gasteiger partial charge in [-0.05, 0) is 57.4 Å². The number of benzene rings is 1. The van der Waals surface area contributed by atoms with Crippen LogP contribution in [0.3, 0.4) is 0 Å². The minimum absolute atomic E-state index is 0.283. The van der Waals surface area contributed by atoms with Crippen LogP contribution in [0.2, 0.25) is 5.02 Å². The van der Waals surface area contributed by atoms with Crippen molar-refractivity contribution in [3.63, 3.8) is 0 Å². The largest absolute Gasteiger partial charge is 0.496 e. The van der Waals surface area contributed by atoms with Crippen LogP contribution in [0.15, 0.2) is 18.2 Å². The minimum atomic E-state index is 0.283. The van der Waals surface area contributed by atoms with Crippen LogP contribution in [0.4, 0.5) is 0 Å². The molecule has 1 aromatic rings. The highest BCUT2D eigenvalue weighted by Crippen LogP contribution is 2.31. The fourth-order valence-electron chi connectivity index (χ4n) is 1.84. The molecular formula is C13H21ClN2O. The molecule has 1 rings (SSSR count). The van der Waals surface area contributed by atoms with Gasteiger partial charge in [-0.3, -0.25) is 0 Å². The van der Waals surface area contributed by atoms with E-state index in [2.05, 4.69) is 19.0 Å². The van der Waals surface area contributed by atoms with Crippen molar-refractivity contribution in [1.82, 2.24) is 4.90 Å². The Morgan fingerprint density at radius 2 is 2.12 bits per heavy atom. The molecule has 0 saturated carbocycles. The highest BCUT2D eigenvalue weighted by Gasteiger charge is 2.15. The highest BCUT2D eigenvalue weighted by molar-refractivity contribution is 6.30. The molecule has 0 aliphatic rings. The summed E-state index contributed by atoms with van der Waals surface area (Å²) in [6, 6.07) is 5.69. The fraction of sp³-hybridized carbons (Fsp3) is 0.538. The van der Waals surface area contributed by atoms with Gasteiger partial charge in [-0.1, -0.05) is 11.6 Å². The van der Waals surface area contributed by atoms with Gasteiger partial charge in [0.05, 0.1) is 7.11 Å². The third-order valence-corrected chi connectivity index (χ3v) is 3.08. The SMILES string of the molecule is COc1ccc(Cl)cc1C(CN)CCN(C)C. The highest BCUT2D eigenvalue weighted by atomic mass is 35.5. The Bertz CT molecular complexity index is 355. The maximum Gasteiger partial charge on any atom is 0.122 e. The monoisotopic (exact) mass is 256 g/mol. The van der Waals surface area contributed by atoms with Crippen LogP contribution in [0.5, 0.6) is 5.75 Å². The van der Waals surface area contributed by atoms with Crippen LogP contribution in [0.25, 0.3) is 0 Å². The summed E-state index contributed by atoms with van der Waals surface area (Å²) in [6.07, 6.45) is 1.00. The Kier molecular flexibility index (Phi) is 5.75. The maximum atomic E-state index is 6.03. The first kappa shape index (κ1) is 14.3. The van der Waals surface area contributed by atoms with E-state index in [1.165, 1.54) is 0 Å². The van der Waals surface area contributed by atoms with Gasteiger partial charge in [-0.25, -0.2) is 0 Å². The summed E-state index contributed by atoms with van der Waals surface area (Å²) in [5.74, 6) is 1.15. The van der Waals surface area contributed by atoms with Gasteiger partial charge in [-0.15, -0.1) is 0 Å². The van der Waals surface area contributed by atoms with Gasteiger partial charge in [0.2, 0.25) is 0 Å². The van der Waals surface area contributed by atoms with E-state index in [1.807, 2.05) is 18.2 Å². The maximum absolute atomic E-state index is 6.03. The second kappa shape index (κ2) is 6.84. The molecule has 0 amide bonds. The van der Waals surface area contributed by atoms with E-state index in [1.54, 1.807) is 7.11 Å². The van der Waals surface area contributed by atoms with Gasteiger partial charge in [0.1, 0.15) is 5.75 Å². The summed E-state index contributed by atoms with van der Waals surface area (Å²) >= 11 is 6.03. The lowest BCUT2D eigenvalue weighted by Crippen LogP contribution is -2.20. The predicted octanol–water partition coefficient (Wildman–Crippen LogP) is 2.34. The van der Waals surface area contributed by atoms with Crippen LogP contribution in [-0.2, 0) is 0 Å². The molecule has 1 unspecified atom stereocenters. The van der Waals surface area contributed by atoms with Gasteiger partial charge in [0.25, 0.3) is 0 Å². The molecule has 3 nitrogen and oxygen atoms in total. The zero-order valence-corrected chi connectivity index (χ0v) is 11.5. The van der Waals surface area contributed by atoms with Crippen LogP contribution < -0.4 is 10.5 Å². The van der Waals surface area contributed by atoms with Crippen molar-refractivity contribution in [2.75, 3.05) is 34.3 Å². The van der Waals surface area contributed by atoms with Gasteiger partial charge in [-0.2, -0.15) is 0 Å². The molecule has 0 radical (unpaired) electrons. The number of hydrogen-bond acceptors (Lipinski definition) is 3. The van der Waals surface area contributed by atoms with E-state index >= 15 is 0 Å². The average molecular weight is 257 g/mol. The van der Waals surface area contributed by atoms with Gasteiger partial charge >= 0.3 is 0 Å². The zero-order chi connectivity index (χ0) is 12.8. The number of halogens is 1. The van der Waals surface area contributed by atoms with E-state index in [0.717, 1.165) is 29.3 Å². The number of nitrogens with zero attached hydrogens (tertiary/aromatic N) is 1. The van der Waals surface area contributed by atoms with Crippen LogP contribution in [0.1, 0.15) is 17.9 Å². The van der Waals surface area contributed by atoms with Crippen molar-refractivity contribution in [2.45, 2.75) is 12.3 Å². The number of ether oxygens (including phenoxy) is 1. The topological polar surface area (TPSA) is 38.5 Å². The molecule has 1 atom stereocenters. The summed E-state index contributed by atoms with van der Waals surface area (Å²) < 4.78 is 5.36. The second-order valence-electron chi connectivity index (χ2n) is 4.41. The quantitative estimate of drug-likeness (QED) is 0.849. The summed E-state index contributed by atoms with van der Waals surface area (Å²) in [6.45, 7) is 1.60. The van der Waals surface area contributed by atoms with Crippen molar-refractivity contribution in [3.8, 4) is 5.75 Å². The molecule has 4 heteroatoms. The number of nitrogens with two attached hydrogens (primary N) is 1. The average Bonchev–Trinajstić information content (AvgIpc) is 2.30. The lowest BCUT2D eigenvalue weighted by molar-refractivity contribution is 0.371. The summed E-state index contributed by atoms with van der Waals surface area (Å²) in [5.41, 5.74) is 6.95. The third-order valence-electron chi connectivity index (χ3n) is 2.84. The smallest absolute Gasteiger partial charge is 0.122 e. The van der Waals surface area contributed by atoms with Crippen LogP contribution in [0, 0.1) is 0 Å². The van der Waals surface area contributed by atoms with Gasteiger partial charge in [0, 0.05) is 10.9 Å². The van der Waals surface area contributed by atoms with E-state index in [9.17, 15) is 0 Å². The normalized spacial score (nSPS) is 12.8. The van der Waals surface area contributed by atoms with Crippen LogP contribution in [-0.4, -0.2) is 39.2 Å². The Labute approximate surface area is 109 Å². The molecule has 96 valence electrons. The minimum Gasteiger partial charge on any atom is -0.496 e. The first-order chi connectivity index (χ1) is 8.08. The van der Waals surface area contributed by atoms with Gasteiger partial charge in [0.15, 0.2) is 0 Å². The molecule has 0 aliphatic heterocycles. The molecule has 0 saturated heterocycles. The second-order valence-corrected chi connectivity index (χ2v) is 4.85. The lowest BCUT2D eigenvalue weighted by atomic mass is 9.94. The van der Waals surface area contributed by atoms with Crippen molar-refractivity contribution in [3.05, 3.63) is 28.8 Å². The number of hydrogen-bond donors (Lipinski definition) is 1. The Hall–Kier alpha value is -0.770. The van der Waals surface area contributed by atoms with E-state index in [4.69, 9.17) is 22.1 Å². The van der Waals surface area contributed by atoms with Crippen molar-refractivity contribution < 1.29 is 4.74 Å². The lowest BCUT2D eigenvalue weighted by Gasteiger charge is -2.20. The number of methoxy groups -OCH3 is 1. The van der Waals surface area contributed by atoms with E-state index < -0.39 is 0 Å². The molecule has 0 aliphatic carbocycles. The first-order valence-electron chi connectivity index (χ1n) is 5.76. The molecule has 17 heavy (non-hydrogen) atoms. The third kappa shape index (κ3) is 4.19. The Morgan fingerprint density at radius 1 is 1.41 bits per heavy atom. The molecular weight excluding hydrogens is 236 g/mol. The standard InChI is InChI=1S/C13H21ClN2O/c1-16(2)7-6-10(9-15)12-8-11(14)4-5-13(12)17-3/h4-5,8,10H,6-7,9,15H2,1-3H3. The number of rotatable bonds is 6. The fourth-order valence-corrected chi connectivity index (χ4v) is 2.02. The van der Waals surface area contributed by atoms with Crippen molar-refractivity contribution in [1.29, 1.82) is 0 Å². The van der Waals surface area contributed by atoms with E-state index in [0.29, 0.717) is 6.54 Å². The molecule has 1 aromatic carbocycles. The molecule has 2 N–H and O–H groups in total. The van der Waals surface area contributed by atoms with Crippen molar-refractivity contribution >= 4 is 11.6 Å². The summed E-state index contributed by atoms with van der Waals surface area (Å²) in [5, 5.41) is 0.726. The summed E-state index contributed by atoms with van der Waals surface area (Å²) in [4.78, 5) is 2.15.